The molecular weight excluding hydrogens is 264 g/mol. The van der Waals surface area contributed by atoms with Crippen LogP contribution < -0.4 is 0 Å². The summed E-state index contributed by atoms with van der Waals surface area (Å²) in [6.45, 7) is 6.74. The standard InChI is InChI=1S/C17H24N2O2/c1-3-14(4-2)12-19(10-6-9-18)13-15-7-5-8-16(11-15)17(20)21/h5,7-8,11,14H,3-4,6,10,12-13H2,1-2H3,(H,20,21). The highest BCUT2D eigenvalue weighted by Crippen LogP contribution is 2.14. The Morgan fingerprint density at radius 2 is 2.10 bits per heavy atom. The van der Waals surface area contributed by atoms with Gasteiger partial charge in [-0.15, -0.1) is 0 Å². The first kappa shape index (κ1) is 17.2. The molecule has 0 atom stereocenters. The number of rotatable bonds is 9. The molecule has 1 aromatic carbocycles. The van der Waals surface area contributed by atoms with Crippen LogP contribution in [0.5, 0.6) is 0 Å². The number of carboxylic acids is 1. The van der Waals surface area contributed by atoms with E-state index in [0.717, 1.165) is 31.5 Å². The van der Waals surface area contributed by atoms with Crippen LogP contribution in [0, 0.1) is 17.2 Å². The zero-order valence-electron chi connectivity index (χ0n) is 12.9. The number of nitriles is 1. The van der Waals surface area contributed by atoms with Gasteiger partial charge in [0.15, 0.2) is 0 Å². The first-order chi connectivity index (χ1) is 10.1. The van der Waals surface area contributed by atoms with Crippen molar-refractivity contribution >= 4 is 5.97 Å². The molecule has 0 aromatic heterocycles. The van der Waals surface area contributed by atoms with Crippen molar-refractivity contribution in [2.45, 2.75) is 39.7 Å². The van der Waals surface area contributed by atoms with Crippen LogP contribution in [-0.4, -0.2) is 29.1 Å². The molecule has 0 unspecified atom stereocenters. The lowest BCUT2D eigenvalue weighted by Crippen LogP contribution is -2.30. The molecule has 21 heavy (non-hydrogen) atoms. The highest BCUT2D eigenvalue weighted by molar-refractivity contribution is 5.87. The molecule has 0 spiro atoms. The summed E-state index contributed by atoms with van der Waals surface area (Å²) in [5, 5.41) is 17.8. The molecule has 0 amide bonds. The number of hydrogen-bond donors (Lipinski definition) is 1. The Kier molecular flexibility index (Phi) is 7.49. The molecule has 0 saturated carbocycles. The van der Waals surface area contributed by atoms with E-state index in [1.807, 2.05) is 6.07 Å². The lowest BCUT2D eigenvalue weighted by molar-refractivity contribution is 0.0696. The van der Waals surface area contributed by atoms with Gasteiger partial charge in [-0.2, -0.15) is 5.26 Å². The summed E-state index contributed by atoms with van der Waals surface area (Å²) < 4.78 is 0. The van der Waals surface area contributed by atoms with Crippen LogP contribution in [0.4, 0.5) is 0 Å². The van der Waals surface area contributed by atoms with Crippen LogP contribution in [0.2, 0.25) is 0 Å². The van der Waals surface area contributed by atoms with Gasteiger partial charge < -0.3 is 5.11 Å². The van der Waals surface area contributed by atoms with Crippen molar-refractivity contribution in [3.63, 3.8) is 0 Å². The summed E-state index contributed by atoms with van der Waals surface area (Å²) in [6.07, 6.45) is 2.74. The van der Waals surface area contributed by atoms with Crippen molar-refractivity contribution in [1.82, 2.24) is 4.90 Å². The van der Waals surface area contributed by atoms with Crippen molar-refractivity contribution in [3.05, 3.63) is 35.4 Å². The number of hydrogen-bond acceptors (Lipinski definition) is 3. The Hall–Kier alpha value is -1.86. The summed E-state index contributed by atoms with van der Waals surface area (Å²) in [5.41, 5.74) is 1.30. The molecular formula is C17H24N2O2. The third kappa shape index (κ3) is 5.97. The average molecular weight is 288 g/mol. The van der Waals surface area contributed by atoms with Crippen molar-refractivity contribution in [2.24, 2.45) is 5.92 Å². The minimum atomic E-state index is -0.902. The van der Waals surface area contributed by atoms with Gasteiger partial charge in [0.25, 0.3) is 0 Å². The van der Waals surface area contributed by atoms with Crippen molar-refractivity contribution in [1.29, 1.82) is 5.26 Å². The average Bonchev–Trinajstić information content (AvgIpc) is 2.50. The van der Waals surface area contributed by atoms with Crippen LogP contribution >= 0.6 is 0 Å². The van der Waals surface area contributed by atoms with E-state index in [2.05, 4.69) is 24.8 Å². The summed E-state index contributed by atoms with van der Waals surface area (Å²) in [6, 6.07) is 9.23. The number of nitrogens with zero attached hydrogens (tertiary/aromatic N) is 2. The smallest absolute Gasteiger partial charge is 0.335 e. The second-order valence-corrected chi connectivity index (χ2v) is 5.33. The molecule has 4 heteroatoms. The molecule has 1 aromatic rings. The molecule has 4 nitrogen and oxygen atoms in total. The third-order valence-corrected chi connectivity index (χ3v) is 3.79. The Balaban J connectivity index is 2.77. The van der Waals surface area contributed by atoms with Gasteiger partial charge in [0.1, 0.15) is 0 Å². The van der Waals surface area contributed by atoms with E-state index in [1.165, 1.54) is 0 Å². The highest BCUT2D eigenvalue weighted by Gasteiger charge is 2.12. The predicted molar refractivity (Wildman–Crippen MR) is 83.0 cm³/mol. The SMILES string of the molecule is CCC(CC)CN(CCC#N)Cc1cccc(C(=O)O)c1. The van der Waals surface area contributed by atoms with Crippen LogP contribution in [0.25, 0.3) is 0 Å². The van der Waals surface area contributed by atoms with E-state index < -0.39 is 5.97 Å². The molecule has 0 bridgehead atoms. The normalized spacial score (nSPS) is 10.8. The molecule has 0 saturated heterocycles. The van der Waals surface area contributed by atoms with Gasteiger partial charge >= 0.3 is 5.97 Å². The largest absolute Gasteiger partial charge is 0.478 e. The van der Waals surface area contributed by atoms with Gasteiger partial charge in [-0.1, -0.05) is 38.8 Å². The van der Waals surface area contributed by atoms with Gasteiger partial charge in [0, 0.05) is 26.1 Å². The molecule has 0 heterocycles. The molecule has 0 fully saturated rings. The maximum Gasteiger partial charge on any atom is 0.335 e. The van der Waals surface area contributed by atoms with E-state index >= 15 is 0 Å². The Bertz CT molecular complexity index is 490. The molecule has 0 aliphatic heterocycles. The first-order valence-corrected chi connectivity index (χ1v) is 7.52. The monoisotopic (exact) mass is 288 g/mol. The van der Waals surface area contributed by atoms with E-state index in [4.69, 9.17) is 10.4 Å². The fourth-order valence-corrected chi connectivity index (χ4v) is 2.42. The minimum Gasteiger partial charge on any atom is -0.478 e. The van der Waals surface area contributed by atoms with Crippen LogP contribution in [0.3, 0.4) is 0 Å². The molecule has 0 aliphatic rings. The Labute approximate surface area is 127 Å². The highest BCUT2D eigenvalue weighted by atomic mass is 16.4. The fraction of sp³-hybridized carbons (Fsp3) is 0.529. The van der Waals surface area contributed by atoms with Crippen molar-refractivity contribution < 1.29 is 9.90 Å². The van der Waals surface area contributed by atoms with Crippen LogP contribution in [0.15, 0.2) is 24.3 Å². The number of benzene rings is 1. The van der Waals surface area contributed by atoms with Crippen molar-refractivity contribution in [2.75, 3.05) is 13.1 Å². The second-order valence-electron chi connectivity index (χ2n) is 5.33. The lowest BCUT2D eigenvalue weighted by Gasteiger charge is -2.26. The molecule has 1 N–H and O–H groups in total. The number of aromatic carboxylic acids is 1. The molecule has 1 rings (SSSR count). The van der Waals surface area contributed by atoms with Crippen LogP contribution in [0.1, 0.15) is 49.0 Å². The first-order valence-electron chi connectivity index (χ1n) is 7.52. The van der Waals surface area contributed by atoms with E-state index in [1.54, 1.807) is 18.2 Å². The van der Waals surface area contributed by atoms with Gasteiger partial charge in [-0.3, -0.25) is 4.90 Å². The maximum atomic E-state index is 11.0. The summed E-state index contributed by atoms with van der Waals surface area (Å²) in [5.74, 6) is -0.285. The van der Waals surface area contributed by atoms with Gasteiger partial charge in [-0.25, -0.2) is 4.79 Å². The Morgan fingerprint density at radius 3 is 2.67 bits per heavy atom. The quantitative estimate of drug-likeness (QED) is 0.755. The Morgan fingerprint density at radius 1 is 1.38 bits per heavy atom. The summed E-state index contributed by atoms with van der Waals surface area (Å²) >= 11 is 0. The predicted octanol–water partition coefficient (Wildman–Crippen LogP) is 3.54. The minimum absolute atomic E-state index is 0.315. The summed E-state index contributed by atoms with van der Waals surface area (Å²) in [7, 11) is 0. The van der Waals surface area contributed by atoms with E-state index in [9.17, 15) is 4.79 Å². The van der Waals surface area contributed by atoms with E-state index in [-0.39, 0.29) is 0 Å². The molecule has 114 valence electrons. The maximum absolute atomic E-state index is 11.0. The van der Waals surface area contributed by atoms with Crippen LogP contribution in [-0.2, 0) is 6.54 Å². The zero-order valence-corrected chi connectivity index (χ0v) is 12.9. The number of carbonyl (C=O) groups is 1. The van der Waals surface area contributed by atoms with Gasteiger partial charge in [-0.05, 0) is 23.6 Å². The second kappa shape index (κ2) is 9.15. The van der Waals surface area contributed by atoms with Crippen molar-refractivity contribution in [3.8, 4) is 6.07 Å². The van der Waals surface area contributed by atoms with E-state index in [0.29, 0.717) is 24.4 Å². The zero-order chi connectivity index (χ0) is 15.7. The third-order valence-electron chi connectivity index (χ3n) is 3.79. The molecule has 0 aliphatic carbocycles. The fourth-order valence-electron chi connectivity index (χ4n) is 2.42. The van der Waals surface area contributed by atoms with Gasteiger partial charge in [0.05, 0.1) is 11.6 Å². The van der Waals surface area contributed by atoms with Gasteiger partial charge in [0.2, 0.25) is 0 Å². The molecule has 0 radical (unpaired) electrons. The lowest BCUT2D eigenvalue weighted by atomic mass is 10.0. The topological polar surface area (TPSA) is 64.3 Å². The summed E-state index contributed by atoms with van der Waals surface area (Å²) in [4.78, 5) is 13.3. The number of carboxylic acid groups (broad SMARTS) is 1.